The van der Waals surface area contributed by atoms with Gasteiger partial charge in [-0.2, -0.15) is 0 Å². The first kappa shape index (κ1) is 10.1. The van der Waals surface area contributed by atoms with Crippen LogP contribution in [0.2, 0.25) is 0 Å². The first-order chi connectivity index (χ1) is 6.83. The summed E-state index contributed by atoms with van der Waals surface area (Å²) in [6.45, 7) is 0.0432. The number of rotatable bonds is 1. The highest BCUT2D eigenvalue weighted by Crippen LogP contribution is 1.94. The molecule has 0 amide bonds. The lowest BCUT2D eigenvalue weighted by atomic mass is 10.2. The van der Waals surface area contributed by atoms with Gasteiger partial charge in [0.1, 0.15) is 0 Å². The summed E-state index contributed by atoms with van der Waals surface area (Å²) in [5.74, 6) is 5.54. The Bertz CT molecular complexity index is 346. The second-order valence-corrected chi connectivity index (χ2v) is 2.41. The second kappa shape index (κ2) is 5.65. The average Bonchev–Trinajstić information content (AvgIpc) is 2.25. The summed E-state index contributed by atoms with van der Waals surface area (Å²) in [6.07, 6.45) is -0.715. The van der Waals surface area contributed by atoms with Crippen LogP contribution < -0.4 is 0 Å². The molecular formula is C11H10O3. The zero-order valence-electron chi connectivity index (χ0n) is 7.82. The fourth-order valence-electron chi connectivity index (χ4n) is 0.814. The summed E-state index contributed by atoms with van der Waals surface area (Å²) >= 11 is 0. The molecule has 14 heavy (non-hydrogen) atoms. The zero-order valence-corrected chi connectivity index (χ0v) is 7.82. The van der Waals surface area contributed by atoms with Gasteiger partial charge in [0.2, 0.25) is 0 Å². The van der Waals surface area contributed by atoms with E-state index in [0.717, 1.165) is 5.56 Å². The fourth-order valence-corrected chi connectivity index (χ4v) is 0.814. The van der Waals surface area contributed by atoms with E-state index in [1.54, 1.807) is 0 Å². The van der Waals surface area contributed by atoms with Crippen molar-refractivity contribution in [2.45, 2.75) is 0 Å². The minimum absolute atomic E-state index is 0.0432. The maximum Gasteiger partial charge on any atom is 0.508 e. The Morgan fingerprint density at radius 3 is 2.71 bits per heavy atom. The molecule has 0 radical (unpaired) electrons. The van der Waals surface area contributed by atoms with Crippen molar-refractivity contribution in [2.24, 2.45) is 0 Å². The normalized spacial score (nSPS) is 8.36. The predicted molar refractivity (Wildman–Crippen MR) is 51.7 cm³/mol. The van der Waals surface area contributed by atoms with Gasteiger partial charge in [0.15, 0.2) is 6.61 Å². The molecule has 0 aliphatic rings. The standard InChI is InChI=1S/C11H10O3/c1-13-11(12)14-9-5-8-10-6-3-2-4-7-10/h2-4,6-7H,9H2,1H3. The summed E-state index contributed by atoms with van der Waals surface area (Å²) in [7, 11) is 1.26. The number of hydrogen-bond donors (Lipinski definition) is 0. The molecule has 0 N–H and O–H groups in total. The third kappa shape index (κ3) is 3.63. The van der Waals surface area contributed by atoms with Crippen LogP contribution in [0, 0.1) is 11.8 Å². The minimum Gasteiger partial charge on any atom is -0.438 e. The van der Waals surface area contributed by atoms with Crippen molar-refractivity contribution in [2.75, 3.05) is 13.7 Å². The number of benzene rings is 1. The highest BCUT2D eigenvalue weighted by molar-refractivity contribution is 5.59. The molecule has 1 aromatic rings. The molecule has 0 aliphatic carbocycles. The van der Waals surface area contributed by atoms with Crippen molar-refractivity contribution in [3.8, 4) is 11.8 Å². The van der Waals surface area contributed by atoms with Crippen LogP contribution >= 0.6 is 0 Å². The van der Waals surface area contributed by atoms with Crippen molar-refractivity contribution in [3.63, 3.8) is 0 Å². The molecule has 0 bridgehead atoms. The van der Waals surface area contributed by atoms with Gasteiger partial charge < -0.3 is 9.47 Å². The van der Waals surface area contributed by atoms with Crippen molar-refractivity contribution < 1.29 is 14.3 Å². The van der Waals surface area contributed by atoms with Crippen LogP contribution in [0.1, 0.15) is 5.56 Å². The van der Waals surface area contributed by atoms with Crippen LogP contribution in [-0.4, -0.2) is 19.9 Å². The first-order valence-electron chi connectivity index (χ1n) is 4.07. The van der Waals surface area contributed by atoms with E-state index in [1.807, 2.05) is 30.3 Å². The van der Waals surface area contributed by atoms with Crippen LogP contribution in [0.15, 0.2) is 30.3 Å². The summed E-state index contributed by atoms with van der Waals surface area (Å²) in [6, 6.07) is 9.46. The molecule has 0 heterocycles. The Morgan fingerprint density at radius 2 is 2.07 bits per heavy atom. The molecule has 0 aliphatic heterocycles. The molecule has 1 rings (SSSR count). The van der Waals surface area contributed by atoms with E-state index in [4.69, 9.17) is 0 Å². The Hall–Kier alpha value is -1.95. The van der Waals surface area contributed by atoms with E-state index in [-0.39, 0.29) is 6.61 Å². The number of carbonyl (C=O) groups is 1. The van der Waals surface area contributed by atoms with E-state index in [9.17, 15) is 4.79 Å². The lowest BCUT2D eigenvalue weighted by Gasteiger charge is -1.95. The second-order valence-electron chi connectivity index (χ2n) is 2.41. The Balaban J connectivity index is 2.38. The molecular weight excluding hydrogens is 180 g/mol. The van der Waals surface area contributed by atoms with Gasteiger partial charge in [0.25, 0.3) is 0 Å². The zero-order chi connectivity index (χ0) is 10.2. The fraction of sp³-hybridized carbons (Fsp3) is 0.182. The third-order valence-electron chi connectivity index (χ3n) is 1.44. The van der Waals surface area contributed by atoms with E-state index in [1.165, 1.54) is 7.11 Å². The highest BCUT2D eigenvalue weighted by Gasteiger charge is 1.95. The smallest absolute Gasteiger partial charge is 0.438 e. The summed E-state index contributed by atoms with van der Waals surface area (Å²) < 4.78 is 8.85. The van der Waals surface area contributed by atoms with Crippen LogP contribution in [0.5, 0.6) is 0 Å². The van der Waals surface area contributed by atoms with Crippen molar-refractivity contribution >= 4 is 6.16 Å². The van der Waals surface area contributed by atoms with Gasteiger partial charge in [-0.05, 0) is 12.1 Å². The van der Waals surface area contributed by atoms with E-state index < -0.39 is 6.16 Å². The Labute approximate surface area is 82.6 Å². The average molecular weight is 190 g/mol. The monoisotopic (exact) mass is 190 g/mol. The van der Waals surface area contributed by atoms with Crippen molar-refractivity contribution in [1.82, 2.24) is 0 Å². The van der Waals surface area contributed by atoms with Crippen molar-refractivity contribution in [3.05, 3.63) is 35.9 Å². The van der Waals surface area contributed by atoms with E-state index in [0.29, 0.717) is 0 Å². The molecule has 0 unspecified atom stereocenters. The van der Waals surface area contributed by atoms with E-state index in [2.05, 4.69) is 21.3 Å². The molecule has 0 atom stereocenters. The van der Waals surface area contributed by atoms with Crippen LogP contribution in [-0.2, 0) is 9.47 Å². The van der Waals surface area contributed by atoms with Gasteiger partial charge in [-0.1, -0.05) is 30.0 Å². The molecule has 0 saturated carbocycles. The van der Waals surface area contributed by atoms with Crippen LogP contribution in [0.3, 0.4) is 0 Å². The quantitative estimate of drug-likeness (QED) is 0.500. The number of hydrogen-bond acceptors (Lipinski definition) is 3. The number of carbonyl (C=O) groups excluding carboxylic acids is 1. The highest BCUT2D eigenvalue weighted by atomic mass is 16.7. The number of ether oxygens (including phenoxy) is 2. The maximum atomic E-state index is 10.5. The molecule has 72 valence electrons. The van der Waals surface area contributed by atoms with Gasteiger partial charge >= 0.3 is 6.16 Å². The lowest BCUT2D eigenvalue weighted by Crippen LogP contribution is -2.03. The Morgan fingerprint density at radius 1 is 1.36 bits per heavy atom. The van der Waals surface area contributed by atoms with Crippen molar-refractivity contribution in [1.29, 1.82) is 0 Å². The molecule has 0 aromatic heterocycles. The predicted octanol–water partition coefficient (Wildman–Crippen LogP) is 1.82. The van der Waals surface area contributed by atoms with Gasteiger partial charge in [-0.3, -0.25) is 0 Å². The van der Waals surface area contributed by atoms with Gasteiger partial charge in [-0.15, -0.1) is 0 Å². The molecule has 0 saturated heterocycles. The first-order valence-corrected chi connectivity index (χ1v) is 4.07. The minimum atomic E-state index is -0.715. The van der Waals surface area contributed by atoms with E-state index >= 15 is 0 Å². The Kier molecular flexibility index (Phi) is 4.09. The number of methoxy groups -OCH3 is 1. The SMILES string of the molecule is COC(=O)OCC#Cc1ccccc1. The van der Waals surface area contributed by atoms with Crippen LogP contribution in [0.25, 0.3) is 0 Å². The maximum absolute atomic E-state index is 10.5. The summed E-state index contributed by atoms with van der Waals surface area (Å²) in [5.41, 5.74) is 0.890. The topological polar surface area (TPSA) is 35.5 Å². The lowest BCUT2D eigenvalue weighted by molar-refractivity contribution is 0.0833. The third-order valence-corrected chi connectivity index (χ3v) is 1.44. The van der Waals surface area contributed by atoms with Gasteiger partial charge in [-0.25, -0.2) is 4.79 Å². The van der Waals surface area contributed by atoms with Crippen LogP contribution in [0.4, 0.5) is 4.79 Å². The van der Waals surface area contributed by atoms with Gasteiger partial charge in [0.05, 0.1) is 7.11 Å². The summed E-state index contributed by atoms with van der Waals surface area (Å²) in [5, 5.41) is 0. The van der Waals surface area contributed by atoms with Gasteiger partial charge in [0, 0.05) is 5.56 Å². The molecule has 3 heteroatoms. The largest absolute Gasteiger partial charge is 0.508 e. The molecule has 0 fully saturated rings. The molecule has 0 spiro atoms. The molecule has 1 aromatic carbocycles. The summed E-state index contributed by atoms with van der Waals surface area (Å²) in [4.78, 5) is 10.5. The molecule has 3 nitrogen and oxygen atoms in total.